The summed E-state index contributed by atoms with van der Waals surface area (Å²) in [5.41, 5.74) is 1.42. The number of carbonyl (C=O) groups is 2. The third kappa shape index (κ3) is 3.97. The Morgan fingerprint density at radius 1 is 0.952 bits per heavy atom. The third-order valence-electron chi connectivity index (χ3n) is 2.64. The van der Waals surface area contributed by atoms with Crippen molar-refractivity contribution in [2.45, 2.75) is 6.92 Å². The molecule has 0 radical (unpaired) electrons. The number of benzene rings is 2. The Hall–Kier alpha value is -2.04. The Morgan fingerprint density at radius 3 is 2.24 bits per heavy atom. The smallest absolute Gasteiger partial charge is 0.257 e. The molecule has 0 aromatic heterocycles. The average molecular weight is 323 g/mol. The first-order valence-corrected chi connectivity index (χ1v) is 6.86. The summed E-state index contributed by atoms with van der Waals surface area (Å²) in [7, 11) is 0. The van der Waals surface area contributed by atoms with E-state index in [2.05, 4.69) is 10.6 Å². The fourth-order valence-electron chi connectivity index (χ4n) is 1.76. The van der Waals surface area contributed by atoms with Crippen molar-refractivity contribution >= 4 is 46.4 Å². The van der Waals surface area contributed by atoms with Crippen LogP contribution in [0.1, 0.15) is 17.3 Å². The standard InChI is InChI=1S/C15H12Cl2N2O2/c1-9(20)18-10-4-2-5-11(8-10)19-15(21)12-6-3-7-13(16)14(12)17/h2-8H,1H3,(H,18,20)(H,19,21). The van der Waals surface area contributed by atoms with Crippen LogP contribution in [0.25, 0.3) is 0 Å². The van der Waals surface area contributed by atoms with Crippen molar-refractivity contribution in [2.24, 2.45) is 0 Å². The van der Waals surface area contributed by atoms with E-state index in [1.807, 2.05) is 0 Å². The first-order valence-electron chi connectivity index (χ1n) is 6.10. The van der Waals surface area contributed by atoms with Crippen LogP contribution in [0.15, 0.2) is 42.5 Å². The Kier molecular flexibility index (Phi) is 4.83. The van der Waals surface area contributed by atoms with Gasteiger partial charge in [-0.25, -0.2) is 0 Å². The second-order valence-corrected chi connectivity index (χ2v) is 5.10. The van der Waals surface area contributed by atoms with Crippen LogP contribution < -0.4 is 10.6 Å². The van der Waals surface area contributed by atoms with Crippen LogP contribution in [-0.2, 0) is 4.79 Å². The van der Waals surface area contributed by atoms with Gasteiger partial charge in [0.05, 0.1) is 15.6 Å². The lowest BCUT2D eigenvalue weighted by atomic mass is 10.2. The molecule has 2 rings (SSSR count). The van der Waals surface area contributed by atoms with Gasteiger partial charge in [-0.1, -0.05) is 35.3 Å². The molecule has 2 aromatic rings. The van der Waals surface area contributed by atoms with E-state index in [-0.39, 0.29) is 22.4 Å². The van der Waals surface area contributed by atoms with Crippen molar-refractivity contribution in [3.05, 3.63) is 58.1 Å². The van der Waals surface area contributed by atoms with E-state index in [1.165, 1.54) is 6.92 Å². The van der Waals surface area contributed by atoms with Crippen LogP contribution in [0.2, 0.25) is 10.0 Å². The summed E-state index contributed by atoms with van der Waals surface area (Å²) < 4.78 is 0. The maximum Gasteiger partial charge on any atom is 0.257 e. The van der Waals surface area contributed by atoms with Gasteiger partial charge < -0.3 is 10.6 Å². The van der Waals surface area contributed by atoms with E-state index < -0.39 is 0 Å². The molecule has 0 heterocycles. The van der Waals surface area contributed by atoms with Gasteiger partial charge in [0.25, 0.3) is 5.91 Å². The quantitative estimate of drug-likeness (QED) is 0.889. The fraction of sp³-hybridized carbons (Fsp3) is 0.0667. The lowest BCUT2D eigenvalue weighted by Gasteiger charge is -2.09. The van der Waals surface area contributed by atoms with Gasteiger partial charge >= 0.3 is 0 Å². The molecule has 21 heavy (non-hydrogen) atoms. The highest BCUT2D eigenvalue weighted by molar-refractivity contribution is 6.44. The predicted molar refractivity (Wildman–Crippen MR) is 85.2 cm³/mol. The maximum absolute atomic E-state index is 12.2. The van der Waals surface area contributed by atoms with Crippen LogP contribution in [-0.4, -0.2) is 11.8 Å². The van der Waals surface area contributed by atoms with Gasteiger partial charge in [-0.05, 0) is 30.3 Å². The van der Waals surface area contributed by atoms with Crippen molar-refractivity contribution in [3.8, 4) is 0 Å². The van der Waals surface area contributed by atoms with Gasteiger partial charge in [-0.15, -0.1) is 0 Å². The zero-order valence-corrected chi connectivity index (χ0v) is 12.6. The lowest BCUT2D eigenvalue weighted by molar-refractivity contribution is -0.114. The molecule has 0 spiro atoms. The van der Waals surface area contributed by atoms with Gasteiger partial charge in [-0.3, -0.25) is 9.59 Å². The highest BCUT2D eigenvalue weighted by Crippen LogP contribution is 2.26. The molecule has 2 N–H and O–H groups in total. The first-order chi connectivity index (χ1) is 9.97. The molecule has 0 fully saturated rings. The van der Waals surface area contributed by atoms with Gasteiger partial charge in [0.15, 0.2) is 0 Å². The van der Waals surface area contributed by atoms with Crippen LogP contribution >= 0.6 is 23.2 Å². The second kappa shape index (κ2) is 6.61. The summed E-state index contributed by atoms with van der Waals surface area (Å²) in [6.07, 6.45) is 0. The van der Waals surface area contributed by atoms with Crippen LogP contribution in [0.4, 0.5) is 11.4 Å². The van der Waals surface area contributed by atoms with Crippen molar-refractivity contribution in [2.75, 3.05) is 10.6 Å². The topological polar surface area (TPSA) is 58.2 Å². The van der Waals surface area contributed by atoms with Gasteiger partial charge in [0.1, 0.15) is 0 Å². The van der Waals surface area contributed by atoms with E-state index >= 15 is 0 Å². The number of halogens is 2. The normalized spacial score (nSPS) is 10.0. The van der Waals surface area contributed by atoms with E-state index in [9.17, 15) is 9.59 Å². The summed E-state index contributed by atoms with van der Waals surface area (Å²) in [5.74, 6) is -0.557. The SMILES string of the molecule is CC(=O)Nc1cccc(NC(=O)c2cccc(Cl)c2Cl)c1. The maximum atomic E-state index is 12.2. The minimum absolute atomic E-state index is 0.184. The van der Waals surface area contributed by atoms with Gasteiger partial charge in [0.2, 0.25) is 5.91 Å². The van der Waals surface area contributed by atoms with Crippen molar-refractivity contribution in [1.29, 1.82) is 0 Å². The van der Waals surface area contributed by atoms with Crippen molar-refractivity contribution < 1.29 is 9.59 Å². The molecular formula is C15H12Cl2N2O2. The Labute approximate surface area is 132 Å². The Morgan fingerprint density at radius 2 is 1.57 bits per heavy atom. The minimum atomic E-state index is -0.373. The van der Waals surface area contributed by atoms with E-state index in [4.69, 9.17) is 23.2 Å². The minimum Gasteiger partial charge on any atom is -0.326 e. The molecule has 0 atom stereocenters. The number of hydrogen-bond donors (Lipinski definition) is 2. The lowest BCUT2D eigenvalue weighted by Crippen LogP contribution is -2.13. The molecule has 2 aromatic carbocycles. The average Bonchev–Trinajstić information content (AvgIpc) is 2.41. The van der Waals surface area contributed by atoms with Gasteiger partial charge in [0, 0.05) is 18.3 Å². The molecule has 0 aliphatic rings. The molecule has 0 saturated carbocycles. The summed E-state index contributed by atoms with van der Waals surface area (Å²) >= 11 is 11.9. The van der Waals surface area contributed by atoms with Crippen molar-refractivity contribution in [1.82, 2.24) is 0 Å². The van der Waals surface area contributed by atoms with Crippen LogP contribution in [0, 0.1) is 0 Å². The molecule has 0 aliphatic heterocycles. The number of carbonyl (C=O) groups excluding carboxylic acids is 2. The molecule has 4 nitrogen and oxygen atoms in total. The van der Waals surface area contributed by atoms with E-state index in [0.717, 1.165) is 0 Å². The molecule has 2 amide bonds. The van der Waals surface area contributed by atoms with Gasteiger partial charge in [-0.2, -0.15) is 0 Å². The van der Waals surface area contributed by atoms with E-state index in [1.54, 1.807) is 42.5 Å². The van der Waals surface area contributed by atoms with E-state index in [0.29, 0.717) is 16.4 Å². The largest absolute Gasteiger partial charge is 0.326 e. The summed E-state index contributed by atoms with van der Waals surface area (Å²) in [5, 5.41) is 5.87. The summed E-state index contributed by atoms with van der Waals surface area (Å²) in [6.45, 7) is 1.41. The highest BCUT2D eigenvalue weighted by Gasteiger charge is 2.12. The number of hydrogen-bond acceptors (Lipinski definition) is 2. The molecule has 108 valence electrons. The molecule has 6 heteroatoms. The summed E-state index contributed by atoms with van der Waals surface area (Å²) in [6, 6.07) is 11.7. The number of anilines is 2. The Balaban J connectivity index is 2.20. The molecular weight excluding hydrogens is 311 g/mol. The molecule has 0 aliphatic carbocycles. The molecule has 0 saturated heterocycles. The number of rotatable bonds is 3. The molecule has 0 bridgehead atoms. The number of nitrogens with one attached hydrogen (secondary N) is 2. The third-order valence-corrected chi connectivity index (χ3v) is 3.46. The zero-order chi connectivity index (χ0) is 15.4. The highest BCUT2D eigenvalue weighted by atomic mass is 35.5. The Bertz CT molecular complexity index is 702. The predicted octanol–water partition coefficient (Wildman–Crippen LogP) is 4.20. The second-order valence-electron chi connectivity index (χ2n) is 4.32. The van der Waals surface area contributed by atoms with Crippen molar-refractivity contribution in [3.63, 3.8) is 0 Å². The number of amides is 2. The first kappa shape index (κ1) is 15.4. The molecule has 0 unspecified atom stereocenters. The fourth-order valence-corrected chi connectivity index (χ4v) is 2.14. The van der Waals surface area contributed by atoms with Crippen LogP contribution in [0.5, 0.6) is 0 Å². The zero-order valence-electron chi connectivity index (χ0n) is 11.1. The van der Waals surface area contributed by atoms with Crippen LogP contribution in [0.3, 0.4) is 0 Å². The monoisotopic (exact) mass is 322 g/mol. The summed E-state index contributed by atoms with van der Waals surface area (Å²) in [4.78, 5) is 23.2.